The SMILES string of the molecule is C[Si](C)(C)O[Si]1(O[Si](O)(O)O[Si]2(O[Si](C)(C)C)n3c4c5ccccc5c3/N=C3N=C(/N=c5/c6ccccc6/c(n52)=N/C2=NC(=N\4)/c4ccccc42)c2ccccc2\3)n2c3c4ccccc4c2/N=C2N=C(/N=c4/c5ccccc5/c(n41)=N/C1=NC(=N\3)/c3ccccc31)c1ccccc1\2. The maximum Gasteiger partial charge on any atom is 0.661 e. The first kappa shape index (κ1) is 56.7. The minimum atomic E-state index is -6.33. The molecule has 2 unspecified atom stereocenters. The lowest BCUT2D eigenvalue weighted by Gasteiger charge is -2.43. The molecule has 8 aliphatic rings. The third-order valence-corrected chi connectivity index (χ3v) is 33.3. The summed E-state index contributed by atoms with van der Waals surface area (Å²) < 4.78 is 39.8. The molecule has 20 rings (SSSR count). The van der Waals surface area contributed by atoms with Crippen LogP contribution in [0.1, 0.15) is 44.5 Å². The predicted octanol–water partition coefficient (Wildman–Crippen LogP) is 9.91. The summed E-state index contributed by atoms with van der Waals surface area (Å²) in [7, 11) is -23.8. The largest absolute Gasteiger partial charge is 0.661 e. The van der Waals surface area contributed by atoms with E-state index in [-0.39, 0.29) is 45.2 Å². The Labute approximate surface area is 556 Å². The first-order valence-electron chi connectivity index (χ1n) is 31.7. The normalized spacial score (nSPS) is 22.5. The molecular weight excluding hydrogens is 1300 g/mol. The first-order chi connectivity index (χ1) is 47.0. The average molecular weight is 1350 g/mol. The van der Waals surface area contributed by atoms with Crippen LogP contribution in [0.4, 0.5) is 23.3 Å². The maximum absolute atomic E-state index is 14.9. The summed E-state index contributed by atoms with van der Waals surface area (Å²) in [5, 5.41) is 4.99. The zero-order valence-corrected chi connectivity index (χ0v) is 57.7. The molecular formula is C70H52N16O6Si5. The zero-order chi connectivity index (χ0) is 65.2. The third-order valence-electron chi connectivity index (χ3n) is 18.0. The van der Waals surface area contributed by atoms with Crippen LogP contribution in [0.5, 0.6) is 0 Å². The van der Waals surface area contributed by atoms with E-state index >= 15 is 0 Å². The van der Waals surface area contributed by atoms with Crippen molar-refractivity contribution in [1.29, 1.82) is 0 Å². The van der Waals surface area contributed by atoms with Gasteiger partial charge in [-0.05, 0) is 39.3 Å². The number of benzene rings is 8. The lowest BCUT2D eigenvalue weighted by Crippen LogP contribution is -2.75. The Kier molecular flexibility index (Phi) is 11.5. The van der Waals surface area contributed by atoms with Gasteiger partial charge in [-0.15, -0.1) is 0 Å². The van der Waals surface area contributed by atoms with Crippen molar-refractivity contribution < 1.29 is 26.1 Å². The number of rotatable bonds is 8. The van der Waals surface area contributed by atoms with Gasteiger partial charge in [-0.3, -0.25) is 16.9 Å². The summed E-state index contributed by atoms with van der Waals surface area (Å²) >= 11 is 0. The van der Waals surface area contributed by atoms with Gasteiger partial charge in [-0.1, -0.05) is 194 Å². The predicted molar refractivity (Wildman–Crippen MR) is 383 cm³/mol. The Balaban J connectivity index is 0.976. The van der Waals surface area contributed by atoms with Crippen molar-refractivity contribution in [2.45, 2.75) is 39.3 Å². The highest BCUT2D eigenvalue weighted by Crippen LogP contribution is 2.48. The van der Waals surface area contributed by atoms with E-state index in [9.17, 15) is 9.59 Å². The molecule has 0 aliphatic carbocycles. The van der Waals surface area contributed by atoms with Crippen molar-refractivity contribution >= 4 is 156 Å². The number of amidine groups is 8. The second-order valence-corrected chi connectivity index (χ2v) is 43.3. The number of aliphatic imine (C=N–C) groups is 8. The van der Waals surface area contributed by atoms with Crippen molar-refractivity contribution in [1.82, 2.24) is 16.9 Å². The fraction of sp³-hybridized carbons (Fsp3) is 0.0857. The quantitative estimate of drug-likeness (QED) is 0.140. The van der Waals surface area contributed by atoms with Crippen LogP contribution in [0.3, 0.4) is 0 Å². The van der Waals surface area contributed by atoms with Crippen LogP contribution in [0.25, 0.3) is 43.1 Å². The number of hydrogen-bond donors (Lipinski definition) is 2. The molecule has 4 aromatic heterocycles. The van der Waals surface area contributed by atoms with Gasteiger partial charge in [0, 0.05) is 87.6 Å². The third kappa shape index (κ3) is 8.17. The van der Waals surface area contributed by atoms with Crippen molar-refractivity contribution in [3.05, 3.63) is 261 Å². The Hall–Kier alpha value is -10.7. The fourth-order valence-electron chi connectivity index (χ4n) is 14.4. The molecule has 2 atom stereocenters. The number of nitrogens with zero attached hydrogens (tertiary/aromatic N) is 16. The van der Waals surface area contributed by atoms with Gasteiger partial charge in [-0.2, -0.15) is 0 Å². The van der Waals surface area contributed by atoms with E-state index < -0.39 is 43.5 Å². The Bertz CT molecular complexity index is 5560. The summed E-state index contributed by atoms with van der Waals surface area (Å²) in [5.74, 6) is 3.96. The van der Waals surface area contributed by atoms with Crippen molar-refractivity contribution in [3.63, 3.8) is 0 Å². The summed E-state index contributed by atoms with van der Waals surface area (Å²) in [6, 6.07) is 62.6. The fourth-order valence-corrected chi connectivity index (χ4v) is 32.0. The van der Waals surface area contributed by atoms with Crippen LogP contribution in [0.15, 0.2) is 254 Å². The molecule has 0 saturated heterocycles. The minimum Gasteiger partial charge on any atom is -0.404 e. The van der Waals surface area contributed by atoms with E-state index in [2.05, 4.69) is 0 Å². The lowest BCUT2D eigenvalue weighted by atomic mass is 10.1. The second kappa shape index (κ2) is 19.7. The van der Waals surface area contributed by atoms with Crippen LogP contribution >= 0.6 is 0 Å². The molecule has 2 N–H and O–H groups in total. The number of hydrogen-bond acceptors (Lipinski definition) is 18. The maximum atomic E-state index is 14.9. The Morgan fingerprint density at radius 1 is 0.247 bits per heavy atom. The Morgan fingerprint density at radius 3 is 0.660 bits per heavy atom. The van der Waals surface area contributed by atoms with Crippen molar-refractivity contribution in [3.8, 4) is 0 Å². The first-order valence-corrected chi connectivity index (χ1v) is 43.7. The molecule has 0 radical (unpaired) electrons. The molecule has 0 spiro atoms. The highest BCUT2D eigenvalue weighted by molar-refractivity contribution is 6.88. The smallest absolute Gasteiger partial charge is 0.404 e. The van der Waals surface area contributed by atoms with E-state index in [0.717, 1.165) is 44.5 Å². The standard InChI is InChI=1S/C70H52N16O6Si5/c1-93(2,3)89-95(83-63-47-31-15-16-32-48(47)65(83)77-57-41-25-9-10-26-42(41)58(72-57)78-66-50-34-18-17-33-49(50)64(84(66)95)76-56-40-24-8-7-23-39(40)55(71-56)75-63)91-97(87,88)92-96(90-94(4,5)6)85-67-51-35-19-20-36-52(51)69(85)81-61-45-29-13-14-30-46(45)62(74-61)82-70-54-38-22-21-37-53(54)68(86(70)96)80-60-44-28-12-11-27-43(44)59(73-60)79-67/h7-38,87-88H,1-6H3/b75-55-,75-63?,76-56?,76-64-,77-57-,77-65?,78-58?,78-66-,79-59-,79-67?,80-60?,80-68-,81-61-,81-69?,82-62?,82-70-. The molecule has 12 bridgehead atoms. The van der Waals surface area contributed by atoms with Gasteiger partial charge in [0.15, 0.2) is 63.3 Å². The molecule has 0 saturated carbocycles. The molecule has 12 aromatic rings. The molecule has 8 aromatic carbocycles. The molecule has 0 fully saturated rings. The van der Waals surface area contributed by atoms with Gasteiger partial charge < -0.3 is 26.1 Å². The highest BCUT2D eigenvalue weighted by Gasteiger charge is 2.67. The van der Waals surface area contributed by atoms with E-state index in [4.69, 9.17) is 76.4 Å². The van der Waals surface area contributed by atoms with Crippen LogP contribution in [-0.2, 0) is 16.5 Å². The van der Waals surface area contributed by atoms with Gasteiger partial charge in [0.25, 0.3) is 0 Å². The summed E-state index contributed by atoms with van der Waals surface area (Å²) in [5.41, 5.74) is 6.96. The van der Waals surface area contributed by atoms with Gasteiger partial charge in [0.1, 0.15) is 45.2 Å². The molecule has 8 aliphatic heterocycles. The monoisotopic (exact) mass is 1350 g/mol. The summed E-state index contributed by atoms with van der Waals surface area (Å²) in [6.07, 6.45) is 0. The molecule has 12 heterocycles. The van der Waals surface area contributed by atoms with Crippen LogP contribution in [0, 0.1) is 0 Å². The van der Waals surface area contributed by atoms with Crippen molar-refractivity contribution in [2.24, 2.45) is 59.9 Å². The molecule has 0 amide bonds. The van der Waals surface area contributed by atoms with Gasteiger partial charge in [-0.25, -0.2) is 59.9 Å². The average Bonchev–Trinajstić information content (AvgIpc) is 1.55. The van der Waals surface area contributed by atoms with Crippen LogP contribution < -0.4 is 22.0 Å². The topological polar surface area (TPSA) is 245 Å². The van der Waals surface area contributed by atoms with E-state index in [1.165, 1.54) is 0 Å². The second-order valence-electron chi connectivity index (χ2n) is 26.5. The molecule has 22 nitrogen and oxygen atoms in total. The van der Waals surface area contributed by atoms with Crippen LogP contribution in [-0.4, -0.2) is 117 Å². The number of fused-ring (bicyclic) bond motifs is 28. The zero-order valence-electron chi connectivity index (χ0n) is 52.7. The molecule has 97 heavy (non-hydrogen) atoms. The number of aromatic nitrogens is 4. The Morgan fingerprint density at radius 2 is 0.443 bits per heavy atom. The van der Waals surface area contributed by atoms with Gasteiger partial charge in [0.2, 0.25) is 0 Å². The van der Waals surface area contributed by atoms with E-state index in [0.29, 0.717) is 89.8 Å². The summed E-state index contributed by atoms with van der Waals surface area (Å²) in [6.45, 7) is 12.2. The minimum absolute atomic E-state index is 0.288. The summed E-state index contributed by atoms with van der Waals surface area (Å²) in [4.78, 5) is 96.1. The lowest BCUT2D eigenvalue weighted by molar-refractivity contribution is 0.0932. The molecule has 27 heteroatoms. The van der Waals surface area contributed by atoms with Gasteiger partial charge >= 0.3 is 26.8 Å². The highest BCUT2D eigenvalue weighted by atomic mass is 28.5. The van der Waals surface area contributed by atoms with Gasteiger partial charge in [0.05, 0.1) is 0 Å². The van der Waals surface area contributed by atoms with E-state index in [1.54, 1.807) is 0 Å². The molecule has 468 valence electrons. The van der Waals surface area contributed by atoms with Crippen molar-refractivity contribution in [2.75, 3.05) is 0 Å². The van der Waals surface area contributed by atoms with E-state index in [1.807, 2.05) is 250 Å². The van der Waals surface area contributed by atoms with Crippen LogP contribution in [0.2, 0.25) is 39.3 Å².